The molecule has 19 heavy (non-hydrogen) atoms. The Labute approximate surface area is 113 Å². The Hall–Kier alpha value is -1.95. The molecule has 0 aliphatic carbocycles. The molecule has 1 N–H and O–H groups in total. The summed E-state index contributed by atoms with van der Waals surface area (Å²) in [7, 11) is 1.49. The van der Waals surface area contributed by atoms with E-state index in [0.29, 0.717) is 0 Å². The Bertz CT molecular complexity index is 601. The number of aromatic nitrogens is 2. The van der Waals surface area contributed by atoms with Gasteiger partial charge in [-0.15, -0.1) is 0 Å². The Morgan fingerprint density at radius 2 is 2.16 bits per heavy atom. The average Bonchev–Trinajstić information content (AvgIpc) is 2.85. The summed E-state index contributed by atoms with van der Waals surface area (Å²) in [6.07, 6.45) is 3.16. The van der Waals surface area contributed by atoms with Crippen LogP contribution in [0.3, 0.4) is 0 Å². The first kappa shape index (κ1) is 13.5. The molecule has 1 aromatic heterocycles. The van der Waals surface area contributed by atoms with Crippen molar-refractivity contribution in [2.75, 3.05) is 7.05 Å². The van der Waals surface area contributed by atoms with Crippen LogP contribution < -0.4 is 0 Å². The van der Waals surface area contributed by atoms with Gasteiger partial charge < -0.3 is 4.90 Å². The summed E-state index contributed by atoms with van der Waals surface area (Å²) >= 11 is 5.43. The van der Waals surface area contributed by atoms with E-state index in [1.807, 2.05) is 0 Å². The predicted octanol–water partition coefficient (Wildman–Crippen LogP) is 2.61. The van der Waals surface area contributed by atoms with Gasteiger partial charge in [-0.1, -0.05) is 11.6 Å². The van der Waals surface area contributed by atoms with Crippen LogP contribution >= 0.6 is 11.6 Å². The van der Waals surface area contributed by atoms with Gasteiger partial charge in [0, 0.05) is 25.4 Å². The first-order valence-corrected chi connectivity index (χ1v) is 5.74. The zero-order valence-corrected chi connectivity index (χ0v) is 10.7. The lowest BCUT2D eigenvalue weighted by atomic mass is 10.1. The highest BCUT2D eigenvalue weighted by atomic mass is 35.5. The van der Waals surface area contributed by atoms with Crippen LogP contribution in [0.4, 0.5) is 8.78 Å². The molecule has 0 spiro atoms. The lowest BCUT2D eigenvalue weighted by Crippen LogP contribution is -2.27. The molecule has 1 amide bonds. The van der Waals surface area contributed by atoms with Crippen LogP contribution in [0.2, 0.25) is 5.02 Å². The zero-order chi connectivity index (χ0) is 14.0. The maximum absolute atomic E-state index is 13.6. The number of rotatable bonds is 3. The Morgan fingerprint density at radius 3 is 2.79 bits per heavy atom. The van der Waals surface area contributed by atoms with E-state index < -0.39 is 17.5 Å². The summed E-state index contributed by atoms with van der Waals surface area (Å²) in [5, 5.41) is 5.98. The minimum Gasteiger partial charge on any atom is -0.337 e. The van der Waals surface area contributed by atoms with Gasteiger partial charge in [0.1, 0.15) is 11.6 Å². The van der Waals surface area contributed by atoms with Crippen LogP contribution in [0.1, 0.15) is 15.9 Å². The fourth-order valence-electron chi connectivity index (χ4n) is 1.60. The lowest BCUT2D eigenvalue weighted by molar-refractivity contribution is 0.0780. The molecule has 0 unspecified atom stereocenters. The molecule has 0 saturated heterocycles. The fraction of sp³-hybridized carbons (Fsp3) is 0.167. The van der Waals surface area contributed by atoms with E-state index in [4.69, 9.17) is 11.6 Å². The smallest absolute Gasteiger partial charge is 0.256 e. The molecule has 2 rings (SSSR count). The maximum atomic E-state index is 13.6. The van der Waals surface area contributed by atoms with Crippen LogP contribution in [0.25, 0.3) is 0 Å². The third-order valence-electron chi connectivity index (χ3n) is 2.56. The van der Waals surface area contributed by atoms with Crippen LogP contribution in [0.5, 0.6) is 0 Å². The first-order chi connectivity index (χ1) is 8.99. The summed E-state index contributed by atoms with van der Waals surface area (Å²) in [6.45, 7) is 0.235. The summed E-state index contributed by atoms with van der Waals surface area (Å²) < 4.78 is 26.9. The number of amides is 1. The number of halogens is 3. The number of hydrogen-bond donors (Lipinski definition) is 1. The zero-order valence-electron chi connectivity index (χ0n) is 9.95. The number of carbonyl (C=O) groups is 1. The van der Waals surface area contributed by atoms with Crippen LogP contribution in [0, 0.1) is 11.6 Å². The number of hydrogen-bond acceptors (Lipinski definition) is 2. The van der Waals surface area contributed by atoms with Gasteiger partial charge in [0.2, 0.25) is 0 Å². The third-order valence-corrected chi connectivity index (χ3v) is 2.85. The fourth-order valence-corrected chi connectivity index (χ4v) is 1.75. The van der Waals surface area contributed by atoms with Crippen molar-refractivity contribution in [1.82, 2.24) is 15.1 Å². The number of benzene rings is 1. The number of H-pyrrole nitrogens is 1. The highest BCUT2D eigenvalue weighted by molar-refractivity contribution is 6.30. The predicted molar refractivity (Wildman–Crippen MR) is 65.8 cm³/mol. The normalized spacial score (nSPS) is 10.5. The van der Waals surface area contributed by atoms with E-state index in [0.717, 1.165) is 17.7 Å². The van der Waals surface area contributed by atoms with Gasteiger partial charge in [-0.2, -0.15) is 5.10 Å². The summed E-state index contributed by atoms with van der Waals surface area (Å²) in [6, 6.07) is 1.59. The van der Waals surface area contributed by atoms with Crippen molar-refractivity contribution in [3.63, 3.8) is 0 Å². The minimum atomic E-state index is -0.851. The van der Waals surface area contributed by atoms with Crippen molar-refractivity contribution in [1.29, 1.82) is 0 Å². The number of nitrogens with zero attached hydrogens (tertiary/aromatic N) is 2. The Morgan fingerprint density at radius 1 is 1.42 bits per heavy atom. The van der Waals surface area contributed by atoms with E-state index in [1.165, 1.54) is 11.9 Å². The molecule has 0 atom stereocenters. The molecular formula is C12H10ClF2N3O. The van der Waals surface area contributed by atoms with Gasteiger partial charge >= 0.3 is 0 Å². The average molecular weight is 286 g/mol. The molecule has 100 valence electrons. The van der Waals surface area contributed by atoms with Gasteiger partial charge in [-0.25, -0.2) is 8.78 Å². The van der Waals surface area contributed by atoms with E-state index in [9.17, 15) is 13.6 Å². The van der Waals surface area contributed by atoms with Crippen molar-refractivity contribution < 1.29 is 13.6 Å². The summed E-state index contributed by atoms with van der Waals surface area (Å²) in [5.41, 5.74) is 0.401. The van der Waals surface area contributed by atoms with Crippen molar-refractivity contribution in [2.45, 2.75) is 6.54 Å². The van der Waals surface area contributed by atoms with Gasteiger partial charge in [0.05, 0.1) is 16.8 Å². The molecule has 0 saturated carbocycles. The number of aromatic amines is 1. The topological polar surface area (TPSA) is 49.0 Å². The molecule has 7 heteroatoms. The molecule has 0 radical (unpaired) electrons. The molecule has 2 aromatic rings. The van der Waals surface area contributed by atoms with Crippen LogP contribution in [-0.4, -0.2) is 28.1 Å². The standard InChI is InChI=1S/C12H10ClF2N3O/c1-18(6-7-4-16-17-5-7)12(19)8-2-11(15)9(13)3-10(8)14/h2-5H,6H2,1H3,(H,16,17). The lowest BCUT2D eigenvalue weighted by Gasteiger charge is -2.16. The van der Waals surface area contributed by atoms with Crippen molar-refractivity contribution in [3.05, 3.63) is 52.3 Å². The van der Waals surface area contributed by atoms with E-state index >= 15 is 0 Å². The second-order valence-electron chi connectivity index (χ2n) is 4.01. The first-order valence-electron chi connectivity index (χ1n) is 5.36. The molecule has 0 fully saturated rings. The molecular weight excluding hydrogens is 276 g/mol. The monoisotopic (exact) mass is 285 g/mol. The van der Waals surface area contributed by atoms with Crippen molar-refractivity contribution >= 4 is 17.5 Å². The molecule has 1 heterocycles. The van der Waals surface area contributed by atoms with E-state index in [2.05, 4.69) is 10.2 Å². The molecule has 0 aliphatic heterocycles. The highest BCUT2D eigenvalue weighted by Gasteiger charge is 2.19. The summed E-state index contributed by atoms with van der Waals surface area (Å²) in [4.78, 5) is 13.3. The van der Waals surface area contributed by atoms with Gasteiger partial charge in [-0.05, 0) is 12.1 Å². The van der Waals surface area contributed by atoms with Crippen LogP contribution in [-0.2, 0) is 6.54 Å². The van der Waals surface area contributed by atoms with Gasteiger partial charge in [-0.3, -0.25) is 9.89 Å². The molecule has 0 aliphatic rings. The quantitative estimate of drug-likeness (QED) is 0.881. The largest absolute Gasteiger partial charge is 0.337 e. The van der Waals surface area contributed by atoms with Crippen LogP contribution in [0.15, 0.2) is 24.5 Å². The van der Waals surface area contributed by atoms with Gasteiger partial charge in [0.25, 0.3) is 5.91 Å². The Kier molecular flexibility index (Phi) is 3.80. The highest BCUT2D eigenvalue weighted by Crippen LogP contribution is 2.20. The SMILES string of the molecule is CN(Cc1cn[nH]c1)C(=O)c1cc(F)c(Cl)cc1F. The van der Waals surface area contributed by atoms with Crippen molar-refractivity contribution in [3.8, 4) is 0 Å². The molecule has 0 bridgehead atoms. The van der Waals surface area contributed by atoms with Crippen molar-refractivity contribution in [2.24, 2.45) is 0 Å². The second kappa shape index (κ2) is 5.36. The number of nitrogens with one attached hydrogen (secondary N) is 1. The second-order valence-corrected chi connectivity index (χ2v) is 4.42. The van der Waals surface area contributed by atoms with E-state index in [-0.39, 0.29) is 17.1 Å². The van der Waals surface area contributed by atoms with Gasteiger partial charge in [0.15, 0.2) is 0 Å². The Balaban J connectivity index is 2.21. The van der Waals surface area contributed by atoms with E-state index in [1.54, 1.807) is 12.4 Å². The maximum Gasteiger partial charge on any atom is 0.256 e. The molecule has 4 nitrogen and oxygen atoms in total. The molecule has 1 aromatic carbocycles. The number of carbonyl (C=O) groups excluding carboxylic acids is 1. The third kappa shape index (κ3) is 2.90. The summed E-state index contributed by atoms with van der Waals surface area (Å²) in [5.74, 6) is -2.31. The minimum absolute atomic E-state index is 0.235.